The number of hydrogen-bond donors (Lipinski definition) is 1. The lowest BCUT2D eigenvalue weighted by molar-refractivity contribution is 0.281. The first-order valence-electron chi connectivity index (χ1n) is 6.42. The molecule has 0 radical (unpaired) electrons. The summed E-state index contributed by atoms with van der Waals surface area (Å²) >= 11 is 0. The molecule has 18 heavy (non-hydrogen) atoms. The van der Waals surface area contributed by atoms with Crippen molar-refractivity contribution in [2.45, 2.75) is 25.5 Å². The number of anilines is 1. The molecule has 1 saturated heterocycles. The first-order valence-corrected chi connectivity index (χ1v) is 6.42. The van der Waals surface area contributed by atoms with E-state index in [0.717, 1.165) is 31.6 Å². The van der Waals surface area contributed by atoms with Crippen LogP contribution < -0.4 is 4.90 Å². The second-order valence-corrected chi connectivity index (χ2v) is 5.23. The van der Waals surface area contributed by atoms with Gasteiger partial charge in [-0.2, -0.15) is 0 Å². The van der Waals surface area contributed by atoms with E-state index in [1.54, 1.807) is 6.07 Å². The number of benzene rings is 1. The third-order valence-electron chi connectivity index (χ3n) is 3.41. The first-order chi connectivity index (χ1) is 8.60. The average molecular weight is 252 g/mol. The van der Waals surface area contributed by atoms with Crippen LogP contribution >= 0.6 is 0 Å². The topological polar surface area (TPSA) is 26.7 Å². The molecule has 0 bridgehead atoms. The number of halogens is 1. The third-order valence-corrected chi connectivity index (χ3v) is 3.41. The molecule has 1 aromatic rings. The molecule has 3 nitrogen and oxygen atoms in total. The second-order valence-electron chi connectivity index (χ2n) is 5.23. The van der Waals surface area contributed by atoms with Crippen LogP contribution in [-0.2, 0) is 6.61 Å². The first kappa shape index (κ1) is 13.3. The van der Waals surface area contributed by atoms with Gasteiger partial charge in [-0.15, -0.1) is 0 Å². The summed E-state index contributed by atoms with van der Waals surface area (Å²) in [6.45, 7) is 1.83. The fourth-order valence-electron chi connectivity index (χ4n) is 2.68. The Morgan fingerprint density at radius 1 is 1.39 bits per heavy atom. The van der Waals surface area contributed by atoms with Gasteiger partial charge in [0.25, 0.3) is 0 Å². The minimum absolute atomic E-state index is 0.114. The maximum atomic E-state index is 13.5. The van der Waals surface area contributed by atoms with Gasteiger partial charge in [0.1, 0.15) is 5.82 Å². The molecule has 1 aliphatic rings. The summed E-state index contributed by atoms with van der Waals surface area (Å²) in [7, 11) is 4.11. The van der Waals surface area contributed by atoms with Gasteiger partial charge < -0.3 is 14.9 Å². The van der Waals surface area contributed by atoms with E-state index in [1.165, 1.54) is 6.07 Å². The van der Waals surface area contributed by atoms with Crippen molar-refractivity contribution in [2.75, 3.05) is 32.1 Å². The van der Waals surface area contributed by atoms with Crippen molar-refractivity contribution in [2.24, 2.45) is 0 Å². The number of hydrogen-bond acceptors (Lipinski definition) is 3. The molecule has 1 fully saturated rings. The number of rotatable bonds is 4. The predicted molar refractivity (Wildman–Crippen MR) is 71.2 cm³/mol. The lowest BCUT2D eigenvalue weighted by atomic mass is 10.1. The van der Waals surface area contributed by atoms with Gasteiger partial charge >= 0.3 is 0 Å². The van der Waals surface area contributed by atoms with Gasteiger partial charge in [0.2, 0.25) is 0 Å². The van der Waals surface area contributed by atoms with Gasteiger partial charge in [0.05, 0.1) is 6.61 Å². The summed E-state index contributed by atoms with van der Waals surface area (Å²) in [5.74, 6) is -0.271. The van der Waals surface area contributed by atoms with E-state index in [4.69, 9.17) is 5.11 Å². The maximum absolute atomic E-state index is 13.5. The Morgan fingerprint density at radius 2 is 2.17 bits per heavy atom. The monoisotopic (exact) mass is 252 g/mol. The van der Waals surface area contributed by atoms with Crippen LogP contribution in [0.3, 0.4) is 0 Å². The molecule has 1 heterocycles. The number of nitrogens with zero attached hydrogens (tertiary/aromatic N) is 2. The van der Waals surface area contributed by atoms with E-state index in [2.05, 4.69) is 23.9 Å². The van der Waals surface area contributed by atoms with Gasteiger partial charge in [-0.1, -0.05) is 0 Å². The Labute approximate surface area is 108 Å². The fraction of sp³-hybridized carbons (Fsp3) is 0.571. The molecule has 1 aliphatic heterocycles. The molecule has 0 aliphatic carbocycles. The Balaban J connectivity index is 2.21. The highest BCUT2D eigenvalue weighted by Crippen LogP contribution is 2.27. The molecule has 100 valence electrons. The highest BCUT2D eigenvalue weighted by Gasteiger charge is 2.25. The lowest BCUT2D eigenvalue weighted by Crippen LogP contribution is -2.37. The van der Waals surface area contributed by atoms with Crippen molar-refractivity contribution in [3.63, 3.8) is 0 Å². The molecule has 0 spiro atoms. The third kappa shape index (κ3) is 3.00. The van der Waals surface area contributed by atoms with Gasteiger partial charge in [-0.3, -0.25) is 0 Å². The van der Waals surface area contributed by atoms with Crippen LogP contribution in [0.5, 0.6) is 0 Å². The average Bonchev–Trinajstić information content (AvgIpc) is 2.75. The zero-order valence-electron chi connectivity index (χ0n) is 11.1. The molecule has 1 unspecified atom stereocenters. The molecular formula is C14H21FN2O. The van der Waals surface area contributed by atoms with Crippen LogP contribution in [0, 0.1) is 5.82 Å². The van der Waals surface area contributed by atoms with Crippen molar-refractivity contribution >= 4 is 5.69 Å². The van der Waals surface area contributed by atoms with E-state index in [1.807, 2.05) is 6.07 Å². The molecule has 1 atom stereocenters. The van der Waals surface area contributed by atoms with E-state index >= 15 is 0 Å². The molecule has 2 rings (SSSR count). The maximum Gasteiger partial charge on any atom is 0.125 e. The fourth-order valence-corrected chi connectivity index (χ4v) is 2.68. The highest BCUT2D eigenvalue weighted by atomic mass is 19.1. The summed E-state index contributed by atoms with van der Waals surface area (Å²) in [6.07, 6.45) is 2.28. The summed E-state index contributed by atoms with van der Waals surface area (Å²) in [5.41, 5.74) is 1.53. The SMILES string of the molecule is CN(C)CC1CCCN1c1cc(F)cc(CO)c1. The molecule has 0 aromatic heterocycles. The van der Waals surface area contributed by atoms with Crippen LogP contribution in [-0.4, -0.2) is 43.2 Å². The second kappa shape index (κ2) is 5.67. The molecule has 1 N–H and O–H groups in total. The summed E-state index contributed by atoms with van der Waals surface area (Å²) in [4.78, 5) is 4.41. The smallest absolute Gasteiger partial charge is 0.125 e. The zero-order valence-corrected chi connectivity index (χ0v) is 11.1. The summed E-state index contributed by atoms with van der Waals surface area (Å²) in [5, 5.41) is 9.15. The van der Waals surface area contributed by atoms with Crippen LogP contribution in [0.1, 0.15) is 18.4 Å². The van der Waals surface area contributed by atoms with E-state index in [9.17, 15) is 4.39 Å². The van der Waals surface area contributed by atoms with Gasteiger partial charge in [0, 0.05) is 24.8 Å². The minimum atomic E-state index is -0.271. The van der Waals surface area contributed by atoms with Crippen molar-refractivity contribution in [3.05, 3.63) is 29.6 Å². The van der Waals surface area contributed by atoms with Crippen molar-refractivity contribution in [3.8, 4) is 0 Å². The molecule has 0 amide bonds. The van der Waals surface area contributed by atoms with Crippen LogP contribution in [0.4, 0.5) is 10.1 Å². The van der Waals surface area contributed by atoms with Crippen molar-refractivity contribution in [1.82, 2.24) is 4.90 Å². The van der Waals surface area contributed by atoms with Crippen molar-refractivity contribution < 1.29 is 9.50 Å². The molecule has 0 saturated carbocycles. The van der Waals surface area contributed by atoms with E-state index < -0.39 is 0 Å². The Morgan fingerprint density at radius 3 is 2.83 bits per heavy atom. The standard InChI is InChI=1S/C14H21FN2O/c1-16(2)9-13-4-3-5-17(13)14-7-11(10-18)6-12(15)8-14/h6-8,13,18H,3-5,9-10H2,1-2H3. The number of aliphatic hydroxyl groups excluding tert-OH is 1. The lowest BCUT2D eigenvalue weighted by Gasteiger charge is -2.29. The van der Waals surface area contributed by atoms with Crippen LogP contribution in [0.2, 0.25) is 0 Å². The molecule has 4 heteroatoms. The van der Waals surface area contributed by atoms with Crippen LogP contribution in [0.15, 0.2) is 18.2 Å². The number of likely N-dealkylation sites (N-methyl/N-ethyl adjacent to an activating group) is 1. The minimum Gasteiger partial charge on any atom is -0.392 e. The Bertz CT molecular complexity index is 409. The Hall–Kier alpha value is -1.13. The van der Waals surface area contributed by atoms with Crippen molar-refractivity contribution in [1.29, 1.82) is 0 Å². The Kier molecular flexibility index (Phi) is 4.19. The van der Waals surface area contributed by atoms with Crippen LogP contribution in [0.25, 0.3) is 0 Å². The summed E-state index contributed by atoms with van der Waals surface area (Å²) < 4.78 is 13.5. The van der Waals surface area contributed by atoms with E-state index in [-0.39, 0.29) is 12.4 Å². The quantitative estimate of drug-likeness (QED) is 0.886. The highest BCUT2D eigenvalue weighted by molar-refractivity contribution is 5.51. The largest absolute Gasteiger partial charge is 0.392 e. The van der Waals surface area contributed by atoms with Gasteiger partial charge in [-0.05, 0) is 50.7 Å². The zero-order chi connectivity index (χ0) is 13.1. The number of aliphatic hydroxyl groups is 1. The predicted octanol–water partition coefficient (Wildman–Crippen LogP) is 1.85. The van der Waals surface area contributed by atoms with E-state index in [0.29, 0.717) is 11.6 Å². The molecular weight excluding hydrogens is 231 g/mol. The normalized spacial score (nSPS) is 19.8. The van der Waals surface area contributed by atoms with Gasteiger partial charge in [0.15, 0.2) is 0 Å². The molecule has 1 aromatic carbocycles. The van der Waals surface area contributed by atoms with Gasteiger partial charge in [-0.25, -0.2) is 4.39 Å². The summed E-state index contributed by atoms with van der Waals surface area (Å²) in [6, 6.07) is 5.28.